The predicted octanol–water partition coefficient (Wildman–Crippen LogP) is 3.17. The molecule has 0 bridgehead atoms. The minimum atomic E-state index is 0.137. The lowest BCUT2D eigenvalue weighted by Crippen LogP contribution is -2.49. The molecule has 0 N–H and O–H groups in total. The van der Waals surface area contributed by atoms with Gasteiger partial charge in [-0.15, -0.1) is 11.3 Å². The molecule has 1 aromatic carbocycles. The van der Waals surface area contributed by atoms with Crippen molar-refractivity contribution in [1.82, 2.24) is 19.7 Å². The molecular weight excluding hydrogens is 424 g/mol. The van der Waals surface area contributed by atoms with Crippen molar-refractivity contribution in [3.8, 4) is 11.5 Å². The number of carbonyl (C=O) groups is 1. The molecule has 0 radical (unpaired) electrons. The van der Waals surface area contributed by atoms with Gasteiger partial charge in [-0.1, -0.05) is 6.92 Å². The van der Waals surface area contributed by atoms with E-state index in [0.717, 1.165) is 86.5 Å². The van der Waals surface area contributed by atoms with Crippen LogP contribution in [0.1, 0.15) is 36.0 Å². The molecule has 7 nitrogen and oxygen atoms in total. The Labute approximate surface area is 194 Å². The molecule has 1 saturated heterocycles. The number of hydrogen-bond acceptors (Lipinski definition) is 7. The number of fused-ring (bicyclic) bond motifs is 1. The molecule has 1 amide bonds. The molecule has 32 heavy (non-hydrogen) atoms. The number of benzene rings is 1. The Balaban J connectivity index is 1.28. The number of thiazole rings is 1. The summed E-state index contributed by atoms with van der Waals surface area (Å²) in [6.45, 7) is 10.8. The summed E-state index contributed by atoms with van der Waals surface area (Å²) in [5.41, 5.74) is 2.26. The number of ether oxygens (including phenoxy) is 2. The lowest BCUT2D eigenvalue weighted by molar-refractivity contribution is -0.133. The van der Waals surface area contributed by atoms with Crippen LogP contribution in [0, 0.1) is 6.92 Å². The Bertz CT molecular complexity index is 910. The Kier molecular flexibility index (Phi) is 7.65. The van der Waals surface area contributed by atoms with Crippen molar-refractivity contribution < 1.29 is 14.3 Å². The lowest BCUT2D eigenvalue weighted by Gasteiger charge is -2.35. The van der Waals surface area contributed by atoms with E-state index in [4.69, 9.17) is 9.47 Å². The molecule has 1 fully saturated rings. The van der Waals surface area contributed by atoms with E-state index in [0.29, 0.717) is 6.42 Å². The van der Waals surface area contributed by atoms with Gasteiger partial charge >= 0.3 is 0 Å². The summed E-state index contributed by atoms with van der Waals surface area (Å²) >= 11 is 1.70. The minimum Gasteiger partial charge on any atom is -0.497 e. The van der Waals surface area contributed by atoms with Gasteiger partial charge < -0.3 is 14.4 Å². The maximum Gasteiger partial charge on any atom is 0.223 e. The Morgan fingerprint density at radius 3 is 2.75 bits per heavy atom. The monoisotopic (exact) mass is 458 g/mol. The molecular formula is C24H34N4O3S. The Morgan fingerprint density at radius 1 is 1.25 bits per heavy atom. The number of piperazine rings is 1. The van der Waals surface area contributed by atoms with Gasteiger partial charge in [-0.05, 0) is 31.5 Å². The third-order valence-corrected chi connectivity index (χ3v) is 7.11. The van der Waals surface area contributed by atoms with Gasteiger partial charge in [-0.25, -0.2) is 4.98 Å². The highest BCUT2D eigenvalue weighted by molar-refractivity contribution is 7.09. The second-order valence-corrected chi connectivity index (χ2v) is 9.68. The van der Waals surface area contributed by atoms with Crippen molar-refractivity contribution in [1.29, 1.82) is 0 Å². The largest absolute Gasteiger partial charge is 0.497 e. The van der Waals surface area contributed by atoms with Crippen LogP contribution < -0.4 is 9.47 Å². The Morgan fingerprint density at radius 2 is 2.06 bits per heavy atom. The van der Waals surface area contributed by atoms with E-state index >= 15 is 0 Å². The summed E-state index contributed by atoms with van der Waals surface area (Å²) in [4.78, 5) is 24.2. The first kappa shape index (κ1) is 23.0. The van der Waals surface area contributed by atoms with Crippen molar-refractivity contribution in [2.75, 3.05) is 46.4 Å². The molecule has 0 spiro atoms. The van der Waals surface area contributed by atoms with E-state index in [1.807, 2.05) is 30.0 Å². The molecule has 2 aliphatic rings. The van der Waals surface area contributed by atoms with Crippen LogP contribution >= 0.6 is 11.3 Å². The smallest absolute Gasteiger partial charge is 0.223 e. The van der Waals surface area contributed by atoms with Gasteiger partial charge in [0.05, 0.1) is 17.8 Å². The van der Waals surface area contributed by atoms with Crippen LogP contribution in [-0.2, 0) is 17.9 Å². The van der Waals surface area contributed by atoms with Crippen LogP contribution in [0.3, 0.4) is 0 Å². The number of hydrogen-bond donors (Lipinski definition) is 0. The molecule has 2 aromatic rings. The highest BCUT2D eigenvalue weighted by Gasteiger charge is 2.25. The van der Waals surface area contributed by atoms with Crippen molar-refractivity contribution in [2.45, 2.75) is 45.9 Å². The summed E-state index contributed by atoms with van der Waals surface area (Å²) in [6.07, 6.45) is 1.62. The fourth-order valence-corrected chi connectivity index (χ4v) is 5.00. The van der Waals surface area contributed by atoms with Gasteiger partial charge in [0.15, 0.2) is 0 Å². The zero-order chi connectivity index (χ0) is 22.5. The summed E-state index contributed by atoms with van der Waals surface area (Å²) in [7, 11) is 1.68. The average Bonchev–Trinajstić information content (AvgIpc) is 3.12. The van der Waals surface area contributed by atoms with Crippen LogP contribution in [0.4, 0.5) is 0 Å². The first-order chi connectivity index (χ1) is 15.5. The first-order valence-electron chi connectivity index (χ1n) is 11.5. The third kappa shape index (κ3) is 5.79. The van der Waals surface area contributed by atoms with Crippen molar-refractivity contribution >= 4 is 17.2 Å². The fourth-order valence-electron chi connectivity index (χ4n) is 4.39. The predicted molar refractivity (Wildman–Crippen MR) is 126 cm³/mol. The van der Waals surface area contributed by atoms with Crippen LogP contribution in [-0.4, -0.2) is 78.1 Å². The highest BCUT2D eigenvalue weighted by Crippen LogP contribution is 2.29. The van der Waals surface area contributed by atoms with Gasteiger partial charge in [0.1, 0.15) is 17.6 Å². The van der Waals surface area contributed by atoms with Crippen molar-refractivity contribution in [2.24, 2.45) is 0 Å². The number of methoxy groups -OCH3 is 1. The summed E-state index contributed by atoms with van der Waals surface area (Å²) in [5.74, 6) is 2.01. The molecule has 3 heterocycles. The average molecular weight is 459 g/mol. The van der Waals surface area contributed by atoms with Crippen LogP contribution in [0.15, 0.2) is 23.6 Å². The number of rotatable bonds is 7. The maximum absolute atomic E-state index is 12.9. The molecule has 1 aromatic heterocycles. The van der Waals surface area contributed by atoms with E-state index in [1.165, 1.54) is 0 Å². The second-order valence-electron chi connectivity index (χ2n) is 8.62. The van der Waals surface area contributed by atoms with Gasteiger partial charge in [0.25, 0.3) is 0 Å². The van der Waals surface area contributed by atoms with E-state index in [9.17, 15) is 4.79 Å². The molecule has 1 atom stereocenters. The number of carbonyl (C=O) groups excluding carboxylic acids is 1. The molecule has 0 saturated carbocycles. The van der Waals surface area contributed by atoms with Gasteiger partial charge in [0.2, 0.25) is 5.91 Å². The highest BCUT2D eigenvalue weighted by atomic mass is 32.1. The van der Waals surface area contributed by atoms with E-state index in [-0.39, 0.29) is 12.0 Å². The maximum atomic E-state index is 12.9. The third-order valence-electron chi connectivity index (χ3n) is 6.29. The fraction of sp³-hybridized carbons (Fsp3) is 0.583. The quantitative estimate of drug-likeness (QED) is 0.635. The second kappa shape index (κ2) is 10.6. The molecule has 8 heteroatoms. The number of nitrogens with zero attached hydrogens (tertiary/aromatic N) is 4. The number of aromatic nitrogens is 1. The molecule has 0 aliphatic carbocycles. The molecule has 174 valence electrons. The van der Waals surface area contributed by atoms with E-state index in [1.54, 1.807) is 18.4 Å². The van der Waals surface area contributed by atoms with E-state index < -0.39 is 0 Å². The lowest BCUT2D eigenvalue weighted by atomic mass is 10.1. The normalized spacial score (nSPS) is 19.8. The standard InChI is InChI=1S/C24H34N4O3S/c1-4-21-16-27(14-19-13-22(30-3)5-6-23(19)31-21)8-7-24(29)28-11-9-26(10-12-28)15-20-17-32-18(2)25-20/h5-6,13,17,21H,4,7-12,14-16H2,1-3H3/t21-/m1/s1. The van der Waals surface area contributed by atoms with Crippen molar-refractivity contribution in [3.05, 3.63) is 39.8 Å². The molecule has 0 unspecified atom stereocenters. The summed E-state index contributed by atoms with van der Waals surface area (Å²) in [6, 6.07) is 5.99. The van der Waals surface area contributed by atoms with Crippen LogP contribution in [0.2, 0.25) is 0 Å². The zero-order valence-corrected chi connectivity index (χ0v) is 20.2. The SMILES string of the molecule is CC[C@@H]1CN(CCC(=O)N2CCN(Cc3csc(C)n3)CC2)Cc2cc(OC)ccc2O1. The van der Waals surface area contributed by atoms with Gasteiger partial charge in [-0.3, -0.25) is 14.6 Å². The van der Waals surface area contributed by atoms with Crippen LogP contribution in [0.5, 0.6) is 11.5 Å². The number of amides is 1. The topological polar surface area (TPSA) is 58.1 Å². The van der Waals surface area contributed by atoms with Gasteiger partial charge in [-0.2, -0.15) is 0 Å². The minimum absolute atomic E-state index is 0.137. The first-order valence-corrected chi connectivity index (χ1v) is 12.4. The molecule has 2 aliphatic heterocycles. The Hall–Kier alpha value is -2.16. The number of aryl methyl sites for hydroxylation is 1. The van der Waals surface area contributed by atoms with E-state index in [2.05, 4.69) is 27.1 Å². The summed E-state index contributed by atoms with van der Waals surface area (Å²) in [5, 5.41) is 3.24. The van der Waals surface area contributed by atoms with Crippen LogP contribution in [0.25, 0.3) is 0 Å². The van der Waals surface area contributed by atoms with Gasteiger partial charge in [0, 0.05) is 69.7 Å². The zero-order valence-electron chi connectivity index (χ0n) is 19.4. The molecule has 4 rings (SSSR count). The summed E-state index contributed by atoms with van der Waals surface area (Å²) < 4.78 is 11.6. The van der Waals surface area contributed by atoms with Crippen molar-refractivity contribution in [3.63, 3.8) is 0 Å².